The Morgan fingerprint density at radius 1 is 1.20 bits per heavy atom. The maximum absolute atomic E-state index is 13.0. The highest BCUT2D eigenvalue weighted by Gasteiger charge is 2.43. The average Bonchev–Trinajstić information content (AvgIpc) is 2.56. The highest BCUT2D eigenvalue weighted by Crippen LogP contribution is 2.43. The fraction of sp³-hybridized carbons (Fsp3) is 0.632. The van der Waals surface area contributed by atoms with Gasteiger partial charge in [0, 0.05) is 23.5 Å². The van der Waals surface area contributed by atoms with Gasteiger partial charge in [-0.2, -0.15) is 0 Å². The van der Waals surface area contributed by atoms with Crippen molar-refractivity contribution in [3.8, 4) is 0 Å². The zero-order valence-corrected chi connectivity index (χ0v) is 17.2. The summed E-state index contributed by atoms with van der Waals surface area (Å²) in [4.78, 5) is 13.0. The van der Waals surface area contributed by atoms with Crippen LogP contribution < -0.4 is 10.6 Å². The van der Waals surface area contributed by atoms with Crippen molar-refractivity contribution in [2.75, 3.05) is 33.4 Å². The minimum atomic E-state index is -0.370. The van der Waals surface area contributed by atoms with E-state index in [1.165, 1.54) is 12.0 Å². The van der Waals surface area contributed by atoms with Crippen molar-refractivity contribution in [3.05, 3.63) is 34.3 Å². The predicted octanol–water partition coefficient (Wildman–Crippen LogP) is 3.43. The number of hydrogen-bond donors (Lipinski definition) is 2. The van der Waals surface area contributed by atoms with Crippen LogP contribution in [0.25, 0.3) is 0 Å². The molecule has 0 spiro atoms. The number of rotatable bonds is 6. The van der Waals surface area contributed by atoms with Gasteiger partial charge in [-0.05, 0) is 56.5 Å². The molecular weight excluding hydrogens is 404 g/mol. The molecule has 1 saturated heterocycles. The van der Waals surface area contributed by atoms with E-state index >= 15 is 0 Å². The average molecular weight is 432 g/mol. The molecule has 0 aromatic heterocycles. The summed E-state index contributed by atoms with van der Waals surface area (Å²) in [5.41, 5.74) is 1.07. The second kappa shape index (κ2) is 8.85. The van der Waals surface area contributed by atoms with E-state index in [0.717, 1.165) is 49.8 Å². The number of piperidine rings is 1. The summed E-state index contributed by atoms with van der Waals surface area (Å²) in [5.74, 6) is 0.161. The van der Waals surface area contributed by atoms with E-state index in [4.69, 9.17) is 4.74 Å². The van der Waals surface area contributed by atoms with E-state index in [-0.39, 0.29) is 29.1 Å². The smallest absolute Gasteiger partial charge is 0.228 e. The number of carbonyl (C=O) groups excluding carboxylic acids is 1. The first kappa shape index (κ1) is 20.7. The Labute approximate surface area is 165 Å². The van der Waals surface area contributed by atoms with Crippen LogP contribution in [0.2, 0.25) is 0 Å². The first-order chi connectivity index (χ1) is 11.6. The number of carbonyl (C=O) groups is 1. The zero-order valence-electron chi connectivity index (χ0n) is 14.8. The molecule has 2 aliphatic rings. The summed E-state index contributed by atoms with van der Waals surface area (Å²) >= 11 is 3.50. The summed E-state index contributed by atoms with van der Waals surface area (Å²) in [6, 6.07) is 8.56. The molecule has 0 atom stereocenters. The molecule has 1 aromatic carbocycles. The van der Waals surface area contributed by atoms with Crippen molar-refractivity contribution in [3.63, 3.8) is 0 Å². The van der Waals surface area contributed by atoms with Gasteiger partial charge in [-0.25, -0.2) is 0 Å². The van der Waals surface area contributed by atoms with Gasteiger partial charge in [-0.1, -0.05) is 34.5 Å². The predicted molar refractivity (Wildman–Crippen MR) is 106 cm³/mol. The Hall–Kier alpha value is -0.620. The maximum atomic E-state index is 13.0. The molecular formula is C19H28BrClN2O2. The number of halogens is 2. The van der Waals surface area contributed by atoms with E-state index < -0.39 is 0 Å². The third-order valence-electron chi connectivity index (χ3n) is 5.82. The Kier molecular flexibility index (Phi) is 7.32. The van der Waals surface area contributed by atoms with E-state index in [1.54, 1.807) is 7.11 Å². The molecule has 3 rings (SSSR count). The first-order valence-electron chi connectivity index (χ1n) is 8.84. The van der Waals surface area contributed by atoms with Gasteiger partial charge in [-0.15, -0.1) is 12.4 Å². The second-order valence-electron chi connectivity index (χ2n) is 7.29. The van der Waals surface area contributed by atoms with Gasteiger partial charge in [0.25, 0.3) is 0 Å². The molecule has 2 N–H and O–H groups in total. The largest absolute Gasteiger partial charge is 0.384 e. The molecule has 1 aliphatic heterocycles. The second-order valence-corrected chi connectivity index (χ2v) is 8.20. The molecule has 2 fully saturated rings. The lowest BCUT2D eigenvalue weighted by Gasteiger charge is -2.44. The van der Waals surface area contributed by atoms with Crippen molar-refractivity contribution in [2.45, 2.75) is 37.5 Å². The van der Waals surface area contributed by atoms with E-state index in [0.29, 0.717) is 6.61 Å². The van der Waals surface area contributed by atoms with E-state index in [1.807, 2.05) is 0 Å². The summed E-state index contributed by atoms with van der Waals surface area (Å²) in [6.45, 7) is 3.00. The molecule has 25 heavy (non-hydrogen) atoms. The van der Waals surface area contributed by atoms with Crippen LogP contribution in [-0.4, -0.2) is 39.3 Å². The van der Waals surface area contributed by atoms with Crippen LogP contribution in [0.15, 0.2) is 28.7 Å². The fourth-order valence-corrected chi connectivity index (χ4v) is 4.29. The molecule has 6 heteroatoms. The molecule has 140 valence electrons. The molecule has 0 radical (unpaired) electrons. The van der Waals surface area contributed by atoms with Crippen LogP contribution in [0.4, 0.5) is 0 Å². The van der Waals surface area contributed by atoms with Gasteiger partial charge >= 0.3 is 0 Å². The van der Waals surface area contributed by atoms with Crippen LogP contribution in [0.5, 0.6) is 0 Å². The van der Waals surface area contributed by atoms with Gasteiger partial charge in [0.15, 0.2) is 0 Å². The number of benzene rings is 1. The van der Waals surface area contributed by atoms with E-state index in [2.05, 4.69) is 50.8 Å². The summed E-state index contributed by atoms with van der Waals surface area (Å²) in [5, 5.41) is 6.61. The highest BCUT2D eigenvalue weighted by atomic mass is 79.9. The Morgan fingerprint density at radius 3 is 2.36 bits per heavy atom. The number of nitrogens with one attached hydrogen (secondary N) is 2. The molecule has 1 aliphatic carbocycles. The molecule has 0 unspecified atom stereocenters. The lowest BCUT2D eigenvalue weighted by Crippen LogP contribution is -2.53. The Balaban J connectivity index is 0.00000225. The first-order valence-corrected chi connectivity index (χ1v) is 9.64. The lowest BCUT2D eigenvalue weighted by atomic mass is 9.64. The third-order valence-corrected chi connectivity index (χ3v) is 6.35. The highest BCUT2D eigenvalue weighted by molar-refractivity contribution is 9.10. The molecule has 4 nitrogen and oxygen atoms in total. The molecule has 1 heterocycles. The van der Waals surface area contributed by atoms with E-state index in [9.17, 15) is 4.79 Å². The molecule has 1 aromatic rings. The van der Waals surface area contributed by atoms with Gasteiger partial charge in [0.2, 0.25) is 5.91 Å². The molecule has 1 saturated carbocycles. The Morgan fingerprint density at radius 2 is 1.84 bits per heavy atom. The number of methoxy groups -OCH3 is 1. The maximum Gasteiger partial charge on any atom is 0.228 e. The fourth-order valence-electron chi connectivity index (χ4n) is 4.03. The van der Waals surface area contributed by atoms with Crippen molar-refractivity contribution in [2.24, 2.45) is 5.41 Å². The number of amides is 1. The molecule has 1 amide bonds. The summed E-state index contributed by atoms with van der Waals surface area (Å²) in [6.07, 6.45) is 5.22. The number of ether oxygens (including phenoxy) is 1. The lowest BCUT2D eigenvalue weighted by molar-refractivity contribution is -0.136. The topological polar surface area (TPSA) is 50.4 Å². The number of hydrogen-bond acceptors (Lipinski definition) is 3. The monoisotopic (exact) mass is 430 g/mol. The van der Waals surface area contributed by atoms with Crippen LogP contribution in [0.1, 0.15) is 37.7 Å². The standard InChI is InChI=1S/C19H27BrN2O2.ClH/c1-24-14-19(9-11-21-12-10-19)17(23)22-13-18(7-2-8-18)15-3-5-16(20)6-4-15;/h3-6,21H,2,7-14H2,1H3,(H,22,23);1H. The van der Waals surface area contributed by atoms with Gasteiger partial charge in [-0.3, -0.25) is 4.79 Å². The SMILES string of the molecule is COCC1(C(=O)NCC2(c3ccc(Br)cc3)CCC2)CCNCC1.Cl. The van der Waals surface area contributed by atoms with Gasteiger partial charge in [0.05, 0.1) is 12.0 Å². The summed E-state index contributed by atoms with van der Waals surface area (Å²) in [7, 11) is 1.69. The minimum Gasteiger partial charge on any atom is -0.384 e. The third kappa shape index (κ3) is 4.38. The molecule has 0 bridgehead atoms. The van der Waals surface area contributed by atoms with Crippen molar-refractivity contribution in [1.29, 1.82) is 0 Å². The minimum absolute atomic E-state index is 0. The van der Waals surface area contributed by atoms with Crippen LogP contribution in [0.3, 0.4) is 0 Å². The Bertz CT molecular complexity index is 564. The van der Waals surface area contributed by atoms with Crippen LogP contribution in [0, 0.1) is 5.41 Å². The van der Waals surface area contributed by atoms with Gasteiger partial charge < -0.3 is 15.4 Å². The van der Waals surface area contributed by atoms with Crippen LogP contribution >= 0.6 is 28.3 Å². The summed E-state index contributed by atoms with van der Waals surface area (Å²) < 4.78 is 6.48. The zero-order chi connectivity index (χ0) is 17.0. The normalized spacial score (nSPS) is 20.9. The van der Waals surface area contributed by atoms with Crippen molar-refractivity contribution < 1.29 is 9.53 Å². The van der Waals surface area contributed by atoms with Gasteiger partial charge in [0.1, 0.15) is 0 Å². The van der Waals surface area contributed by atoms with Crippen molar-refractivity contribution in [1.82, 2.24) is 10.6 Å². The van der Waals surface area contributed by atoms with Crippen LogP contribution in [-0.2, 0) is 14.9 Å². The quantitative estimate of drug-likeness (QED) is 0.725. The van der Waals surface area contributed by atoms with Crippen molar-refractivity contribution >= 4 is 34.2 Å².